The average molecular weight is 251 g/mol. The van der Waals surface area contributed by atoms with Crippen molar-refractivity contribution in [1.82, 2.24) is 15.1 Å². The quantitative estimate of drug-likeness (QED) is 0.748. The van der Waals surface area contributed by atoms with Gasteiger partial charge in [-0.15, -0.1) is 0 Å². The Morgan fingerprint density at radius 1 is 0.944 bits per heavy atom. The second-order valence-corrected chi connectivity index (χ2v) is 6.45. The smallest absolute Gasteiger partial charge is 0.0120 e. The van der Waals surface area contributed by atoms with Crippen LogP contribution >= 0.6 is 0 Å². The maximum Gasteiger partial charge on any atom is 0.0120 e. The number of nitrogens with zero attached hydrogens (tertiary/aromatic N) is 2. The molecule has 0 saturated carbocycles. The molecule has 1 N–H and O–H groups in total. The van der Waals surface area contributed by atoms with Crippen LogP contribution in [0.5, 0.6) is 0 Å². The van der Waals surface area contributed by atoms with E-state index in [4.69, 9.17) is 0 Å². The molecule has 3 heteroatoms. The molecule has 3 fully saturated rings. The second kappa shape index (κ2) is 6.36. The monoisotopic (exact) mass is 251 g/mol. The van der Waals surface area contributed by atoms with E-state index in [0.29, 0.717) is 0 Å². The van der Waals surface area contributed by atoms with E-state index >= 15 is 0 Å². The molecule has 0 aromatic carbocycles. The highest BCUT2D eigenvalue weighted by molar-refractivity contribution is 4.90. The average Bonchev–Trinajstić information content (AvgIpc) is 2.81. The van der Waals surface area contributed by atoms with Gasteiger partial charge in [-0.1, -0.05) is 6.42 Å². The Balaban J connectivity index is 1.30. The fourth-order valence-corrected chi connectivity index (χ4v) is 3.99. The molecule has 0 aromatic rings. The number of nitrogens with one attached hydrogen (secondary N) is 1. The first-order chi connectivity index (χ1) is 8.92. The molecule has 3 rings (SSSR count). The number of piperidine rings is 2. The summed E-state index contributed by atoms with van der Waals surface area (Å²) < 4.78 is 0. The predicted molar refractivity (Wildman–Crippen MR) is 75.9 cm³/mol. The summed E-state index contributed by atoms with van der Waals surface area (Å²) in [5, 5.41) is 3.84. The molecule has 0 spiro atoms. The molecule has 3 aliphatic rings. The molecule has 3 saturated heterocycles. The largest absolute Gasteiger partial charge is 0.314 e. The number of hydrogen-bond donors (Lipinski definition) is 1. The molecule has 3 aliphatic heterocycles. The Labute approximate surface area is 112 Å². The minimum absolute atomic E-state index is 0.824. The van der Waals surface area contributed by atoms with Gasteiger partial charge in [-0.2, -0.15) is 0 Å². The molecule has 3 atom stereocenters. The lowest BCUT2D eigenvalue weighted by molar-refractivity contribution is 0.207. The lowest BCUT2D eigenvalue weighted by Gasteiger charge is -2.31. The van der Waals surface area contributed by atoms with Crippen molar-refractivity contribution >= 4 is 0 Å². The molecule has 0 aromatic heterocycles. The van der Waals surface area contributed by atoms with E-state index in [1.54, 1.807) is 0 Å². The van der Waals surface area contributed by atoms with Gasteiger partial charge >= 0.3 is 0 Å². The first kappa shape index (κ1) is 12.9. The minimum atomic E-state index is 0.824. The van der Waals surface area contributed by atoms with Crippen LogP contribution in [0.25, 0.3) is 0 Å². The van der Waals surface area contributed by atoms with Gasteiger partial charge in [-0.25, -0.2) is 0 Å². The van der Waals surface area contributed by atoms with Gasteiger partial charge < -0.3 is 15.1 Å². The van der Waals surface area contributed by atoms with E-state index < -0.39 is 0 Å². The highest BCUT2D eigenvalue weighted by atomic mass is 15.2. The highest BCUT2D eigenvalue weighted by Gasteiger charge is 2.33. The molecule has 0 aliphatic carbocycles. The second-order valence-electron chi connectivity index (χ2n) is 6.45. The summed E-state index contributed by atoms with van der Waals surface area (Å²) in [6.07, 6.45) is 8.46. The molecule has 3 heterocycles. The van der Waals surface area contributed by atoms with Crippen LogP contribution in [0.4, 0.5) is 0 Å². The third-order valence-corrected chi connectivity index (χ3v) is 5.14. The van der Waals surface area contributed by atoms with Crippen LogP contribution in [-0.2, 0) is 0 Å². The van der Waals surface area contributed by atoms with Crippen LogP contribution in [0.1, 0.15) is 38.5 Å². The van der Waals surface area contributed by atoms with Crippen molar-refractivity contribution in [2.75, 3.05) is 45.8 Å². The molecule has 0 amide bonds. The zero-order valence-corrected chi connectivity index (χ0v) is 11.7. The fraction of sp³-hybridized carbons (Fsp3) is 1.00. The zero-order chi connectivity index (χ0) is 12.2. The molecule has 3 unspecified atom stereocenters. The topological polar surface area (TPSA) is 18.5 Å². The Morgan fingerprint density at radius 2 is 1.78 bits per heavy atom. The van der Waals surface area contributed by atoms with Crippen molar-refractivity contribution in [2.45, 2.75) is 44.6 Å². The van der Waals surface area contributed by atoms with Crippen molar-refractivity contribution in [3.8, 4) is 0 Å². The van der Waals surface area contributed by atoms with Crippen LogP contribution < -0.4 is 5.32 Å². The maximum absolute atomic E-state index is 3.84. The van der Waals surface area contributed by atoms with Crippen LogP contribution in [0.15, 0.2) is 0 Å². The predicted octanol–water partition coefficient (Wildman–Crippen LogP) is 1.55. The van der Waals surface area contributed by atoms with Crippen molar-refractivity contribution in [1.29, 1.82) is 0 Å². The molecule has 104 valence electrons. The van der Waals surface area contributed by atoms with Gasteiger partial charge in [0.15, 0.2) is 0 Å². The lowest BCUT2D eigenvalue weighted by atomic mass is 9.94. The van der Waals surface area contributed by atoms with Gasteiger partial charge in [0.1, 0.15) is 0 Å². The van der Waals surface area contributed by atoms with E-state index in [1.165, 1.54) is 84.3 Å². The summed E-state index contributed by atoms with van der Waals surface area (Å²) >= 11 is 0. The van der Waals surface area contributed by atoms with E-state index in [9.17, 15) is 0 Å². The van der Waals surface area contributed by atoms with E-state index in [0.717, 1.165) is 12.0 Å². The van der Waals surface area contributed by atoms with Gasteiger partial charge in [-0.3, -0.25) is 0 Å². The molecular weight excluding hydrogens is 222 g/mol. The third-order valence-electron chi connectivity index (χ3n) is 5.14. The molecule has 18 heavy (non-hydrogen) atoms. The summed E-state index contributed by atoms with van der Waals surface area (Å²) in [4.78, 5) is 5.29. The van der Waals surface area contributed by atoms with Gasteiger partial charge in [0.2, 0.25) is 0 Å². The summed E-state index contributed by atoms with van der Waals surface area (Å²) in [7, 11) is 0. The van der Waals surface area contributed by atoms with E-state index in [1.807, 2.05) is 0 Å². The number of rotatable bonds is 5. The van der Waals surface area contributed by atoms with Crippen LogP contribution in [-0.4, -0.2) is 61.7 Å². The lowest BCUT2D eigenvalue weighted by Crippen LogP contribution is -2.44. The number of likely N-dealkylation sites (tertiary alicyclic amines) is 1. The Bertz CT molecular complexity index is 250. The van der Waals surface area contributed by atoms with E-state index in [2.05, 4.69) is 15.1 Å². The first-order valence-corrected chi connectivity index (χ1v) is 8.10. The van der Waals surface area contributed by atoms with Crippen LogP contribution in [0.3, 0.4) is 0 Å². The standard InChI is InChI=1S/C15H29N3/c1-2-8-17(9-3-1)10-4-7-16-15-6-12-18-11-5-14(15)13-18/h14-16H,1-13H2. The zero-order valence-electron chi connectivity index (χ0n) is 11.7. The minimum Gasteiger partial charge on any atom is -0.314 e. The van der Waals surface area contributed by atoms with Gasteiger partial charge in [0.05, 0.1) is 0 Å². The maximum atomic E-state index is 3.84. The molecule has 2 bridgehead atoms. The molecular formula is C15H29N3. The number of hydrogen-bond acceptors (Lipinski definition) is 3. The highest BCUT2D eigenvalue weighted by Crippen LogP contribution is 2.26. The van der Waals surface area contributed by atoms with Gasteiger partial charge in [-0.05, 0) is 77.3 Å². The van der Waals surface area contributed by atoms with Crippen LogP contribution in [0, 0.1) is 5.92 Å². The summed E-state index contributed by atoms with van der Waals surface area (Å²) in [6.45, 7) is 9.30. The van der Waals surface area contributed by atoms with Crippen molar-refractivity contribution < 1.29 is 0 Å². The third kappa shape index (κ3) is 3.25. The first-order valence-electron chi connectivity index (χ1n) is 8.10. The van der Waals surface area contributed by atoms with Crippen molar-refractivity contribution in [3.63, 3.8) is 0 Å². The van der Waals surface area contributed by atoms with Crippen molar-refractivity contribution in [3.05, 3.63) is 0 Å². The summed E-state index contributed by atoms with van der Waals surface area (Å²) in [5.41, 5.74) is 0. The van der Waals surface area contributed by atoms with Crippen molar-refractivity contribution in [2.24, 2.45) is 5.92 Å². The Kier molecular flexibility index (Phi) is 4.55. The summed E-state index contributed by atoms with van der Waals surface area (Å²) in [5.74, 6) is 0.953. The molecule has 3 nitrogen and oxygen atoms in total. The number of fused-ring (bicyclic) bond motifs is 2. The summed E-state index contributed by atoms with van der Waals surface area (Å²) in [6, 6.07) is 0.824. The fourth-order valence-electron chi connectivity index (χ4n) is 3.99. The Morgan fingerprint density at radius 3 is 2.67 bits per heavy atom. The SMILES string of the molecule is C1CCN(CCCNC2CCN3CCC2C3)CC1. The van der Waals surface area contributed by atoms with Crippen LogP contribution in [0.2, 0.25) is 0 Å². The van der Waals surface area contributed by atoms with Gasteiger partial charge in [0, 0.05) is 12.6 Å². The van der Waals surface area contributed by atoms with Gasteiger partial charge in [0.25, 0.3) is 0 Å². The Hall–Kier alpha value is -0.120. The normalized spacial score (nSPS) is 37.0. The molecule has 0 radical (unpaired) electrons. The van der Waals surface area contributed by atoms with E-state index in [-0.39, 0.29) is 0 Å².